The maximum Gasteiger partial charge on any atom is 0.327 e. The molecular weight excluding hydrogens is 1100 g/mol. The van der Waals surface area contributed by atoms with E-state index in [-0.39, 0.29) is 96.2 Å². The average Bonchev–Trinajstić information content (AvgIpc) is 1.57. The fourth-order valence-corrected chi connectivity index (χ4v) is 11.8. The van der Waals surface area contributed by atoms with Crippen molar-refractivity contribution in [1.82, 2.24) is 15.6 Å². The van der Waals surface area contributed by atoms with Crippen LogP contribution in [0.5, 0.6) is 17.2 Å². The molecule has 434 valence electrons. The number of ketones is 2. The number of carbonyl (C=O) groups is 8. The molecule has 4 aromatic rings. The first-order valence-electron chi connectivity index (χ1n) is 26.8. The van der Waals surface area contributed by atoms with Gasteiger partial charge < -0.3 is 60.8 Å². The predicted molar refractivity (Wildman–Crippen MR) is 297 cm³/mol. The number of thioether (sulfide) groups is 1. The van der Waals surface area contributed by atoms with Crippen molar-refractivity contribution in [3.8, 4) is 29.1 Å². The van der Waals surface area contributed by atoms with E-state index < -0.39 is 131 Å². The molecule has 5 amide bonds. The number of aromatic hydroxyl groups is 2. The van der Waals surface area contributed by atoms with E-state index in [1.807, 2.05) is 24.3 Å². The van der Waals surface area contributed by atoms with Gasteiger partial charge in [-0.05, 0) is 49.6 Å². The number of amides is 5. The zero-order valence-corrected chi connectivity index (χ0v) is 45.9. The number of fused-ring (bicyclic) bond motifs is 5. The average molecular weight is 1160 g/mol. The normalized spacial score (nSPS) is 22.1. The first-order chi connectivity index (χ1) is 39.7. The van der Waals surface area contributed by atoms with Crippen molar-refractivity contribution in [3.05, 3.63) is 128 Å². The number of carbonyl (C=O) groups excluding carboxylic acids is 7. The molecule has 3 heterocycles. The maximum absolute atomic E-state index is 14.1. The minimum absolute atomic E-state index is 0.0366. The molecule has 0 radical (unpaired) electrons. The summed E-state index contributed by atoms with van der Waals surface area (Å²) in [6.45, 7) is 0.775. The van der Waals surface area contributed by atoms with E-state index in [9.17, 15) is 69.0 Å². The largest absolute Gasteiger partial charge is 0.507 e. The summed E-state index contributed by atoms with van der Waals surface area (Å²) in [5.74, 6) is -1.59. The number of imide groups is 1. The van der Waals surface area contributed by atoms with Gasteiger partial charge in [-0.1, -0.05) is 60.7 Å². The van der Waals surface area contributed by atoms with Gasteiger partial charge in [0.1, 0.15) is 28.9 Å². The highest BCUT2D eigenvalue weighted by molar-refractivity contribution is 8.04. The number of unbranched alkanes of at least 4 members (excludes halogenated alkanes) is 2. The van der Waals surface area contributed by atoms with Gasteiger partial charge in [0.2, 0.25) is 23.5 Å². The number of nitrogens with zero attached hydrogens (tertiary/aromatic N) is 3. The summed E-state index contributed by atoms with van der Waals surface area (Å²) in [4.78, 5) is 109. The number of hydrogen-bond donors (Lipinski definition) is 9. The predicted octanol–water partition coefficient (Wildman–Crippen LogP) is 2.75. The van der Waals surface area contributed by atoms with Gasteiger partial charge in [-0.25, -0.2) is 10.2 Å². The van der Waals surface area contributed by atoms with E-state index in [1.54, 1.807) is 36.1 Å². The number of phenolic OH excluding ortho intramolecular Hbond substituents is 2. The van der Waals surface area contributed by atoms with Crippen LogP contribution in [0, 0.1) is 11.8 Å². The third-order valence-electron chi connectivity index (χ3n) is 15.2. The fraction of sp³-hybridized carbons (Fsp3) is 0.373. The van der Waals surface area contributed by atoms with E-state index in [1.165, 1.54) is 25.3 Å². The van der Waals surface area contributed by atoms with E-state index in [2.05, 4.69) is 27.7 Å². The summed E-state index contributed by atoms with van der Waals surface area (Å²) in [5.41, 5.74) is 6.90. The zero-order valence-electron chi connectivity index (χ0n) is 45.1. The number of hydrogen-bond acceptors (Lipinski definition) is 19. The van der Waals surface area contributed by atoms with Gasteiger partial charge in [0, 0.05) is 90.8 Å². The van der Waals surface area contributed by atoms with Crippen molar-refractivity contribution in [2.75, 3.05) is 30.9 Å². The number of phenols is 2. The number of methoxy groups -OCH3 is 1. The third-order valence-corrected chi connectivity index (χ3v) is 16.3. The number of aliphatic hydroxyl groups excluding tert-OH is 2. The van der Waals surface area contributed by atoms with Crippen molar-refractivity contribution in [3.63, 3.8) is 0 Å². The summed E-state index contributed by atoms with van der Waals surface area (Å²) >= 11 is 0.779. The summed E-state index contributed by atoms with van der Waals surface area (Å²) in [5, 5.41) is 73.7. The van der Waals surface area contributed by atoms with Crippen LogP contribution in [0.1, 0.15) is 124 Å². The lowest BCUT2D eigenvalue weighted by Crippen LogP contribution is -2.53. The summed E-state index contributed by atoms with van der Waals surface area (Å²) < 4.78 is 17.5. The van der Waals surface area contributed by atoms with Crippen LogP contribution in [0.4, 0.5) is 5.69 Å². The van der Waals surface area contributed by atoms with Crippen LogP contribution in [0.15, 0.2) is 82.8 Å². The van der Waals surface area contributed by atoms with Gasteiger partial charge in [-0.2, -0.15) is 5.10 Å². The molecule has 1 unspecified atom stereocenters. The van der Waals surface area contributed by atoms with Crippen molar-refractivity contribution in [2.24, 2.45) is 10.8 Å². The molecule has 83 heavy (non-hydrogen) atoms. The van der Waals surface area contributed by atoms with Crippen molar-refractivity contribution in [2.45, 2.75) is 114 Å². The highest BCUT2D eigenvalue weighted by Crippen LogP contribution is 2.53. The molecule has 24 heteroatoms. The molecule has 0 bridgehead atoms. The summed E-state index contributed by atoms with van der Waals surface area (Å²) in [6.07, 6.45) is -4.51. The second-order valence-corrected chi connectivity index (χ2v) is 21.7. The standard InChI is InChI=1S/C59H60N6O17S/c1-30-52(71)36(60)23-47(81-30)82-40-26-59(79,25-35-49(40)56(75)51-50(54(35)73)53(72)34-14-10-16-39(80-2)48(34)55(51)74)42(28-66)62-63-44(68)17-4-3-9-22-64-46(70)24-41(57(64)76)83-29-37(58(77)78)61-43(67)20-21-45(69)65-27-33-13-6-5-11-31(33)18-19-32-12-7-8-15-38(32)65/h5-8,10-16,24,30,36-37,40,47,52,66,71,73,75,79H,3-4,9,17,20-23,25-29,60H2,1-2H3,(H,61,67)(H,63,68)(H,77,78)/b62-42-/t30-,36-,37?,40-,47-,52+,59-/m1/s1. The molecule has 7 atom stereocenters. The van der Waals surface area contributed by atoms with Crippen LogP contribution in [0.3, 0.4) is 0 Å². The number of ether oxygens (including phenoxy) is 3. The number of aliphatic carboxylic acids is 1. The molecule has 0 aromatic heterocycles. The topological polar surface area (TPSA) is 355 Å². The highest BCUT2D eigenvalue weighted by Gasteiger charge is 2.50. The van der Waals surface area contributed by atoms with Gasteiger partial charge in [0.25, 0.3) is 11.8 Å². The first-order valence-corrected chi connectivity index (χ1v) is 27.7. The number of hydrazone groups is 1. The Morgan fingerprint density at radius 3 is 2.36 bits per heavy atom. The SMILES string of the molecule is COc1cccc2c1C(=O)c1c(O)c3c(c(O)c1C2=O)C[C@](O)(/C(CO)=N\NC(=O)CCCCCN1C(=O)C=C(SCC(NC(=O)CCC(=O)N2Cc4ccccc4C#Cc4ccccc42)C(=O)O)C1=O)C[C@H]3O[C@@H]1C[C@@H](N)[C@@H](O)[C@@H](C)O1. The molecule has 1 fully saturated rings. The molecule has 0 saturated carbocycles. The Hall–Kier alpha value is -8.28. The first kappa shape index (κ1) is 59.3. The molecule has 23 nitrogen and oxygen atoms in total. The Morgan fingerprint density at radius 2 is 1.63 bits per heavy atom. The van der Waals surface area contributed by atoms with Gasteiger partial charge in [-0.15, -0.1) is 11.8 Å². The molecular formula is C59H60N6O17S. The molecule has 9 rings (SSSR count). The molecule has 1 saturated heterocycles. The van der Waals surface area contributed by atoms with Crippen LogP contribution in [0.25, 0.3) is 0 Å². The van der Waals surface area contributed by atoms with Gasteiger partial charge in [-0.3, -0.25) is 38.5 Å². The van der Waals surface area contributed by atoms with Gasteiger partial charge in [0.15, 0.2) is 12.1 Å². The number of anilines is 1. The molecule has 2 aliphatic carbocycles. The molecule has 4 aromatic carbocycles. The number of benzene rings is 4. The number of nitrogens with two attached hydrogens (primary N) is 1. The molecule has 5 aliphatic rings. The van der Waals surface area contributed by atoms with E-state index in [4.69, 9.17) is 19.9 Å². The van der Waals surface area contributed by atoms with Crippen LogP contribution < -0.4 is 26.1 Å². The van der Waals surface area contributed by atoms with Crippen LogP contribution in [-0.2, 0) is 51.2 Å². The van der Waals surface area contributed by atoms with Crippen LogP contribution in [0.2, 0.25) is 0 Å². The van der Waals surface area contributed by atoms with Crippen LogP contribution in [-0.4, -0.2) is 151 Å². The summed E-state index contributed by atoms with van der Waals surface area (Å²) in [6, 6.07) is 16.5. The minimum atomic E-state index is -2.25. The zero-order chi connectivity index (χ0) is 59.4. The molecule has 3 aliphatic heterocycles. The van der Waals surface area contributed by atoms with E-state index >= 15 is 0 Å². The highest BCUT2D eigenvalue weighted by atomic mass is 32.2. The quantitative estimate of drug-likeness (QED) is 0.0135. The molecule has 0 spiro atoms. The lowest BCUT2D eigenvalue weighted by atomic mass is 9.71. The molecule has 10 N–H and O–H groups in total. The van der Waals surface area contributed by atoms with Crippen molar-refractivity contribution < 1.29 is 83.2 Å². The van der Waals surface area contributed by atoms with Crippen molar-refractivity contribution >= 4 is 70.2 Å². The van der Waals surface area contributed by atoms with E-state index in [0.29, 0.717) is 17.7 Å². The Labute approximate surface area is 479 Å². The Bertz CT molecular complexity index is 3450. The number of nitrogens with one attached hydrogen (secondary N) is 2. The van der Waals surface area contributed by atoms with E-state index in [0.717, 1.165) is 33.9 Å². The summed E-state index contributed by atoms with van der Waals surface area (Å²) in [7, 11) is 1.30. The van der Waals surface area contributed by atoms with Gasteiger partial charge >= 0.3 is 5.97 Å². The second-order valence-electron chi connectivity index (χ2n) is 20.6. The number of carboxylic acid groups (broad SMARTS) is 1. The van der Waals surface area contributed by atoms with Crippen LogP contribution >= 0.6 is 11.8 Å². The number of carboxylic acids is 1. The maximum atomic E-state index is 14.1. The second kappa shape index (κ2) is 25.1. The number of rotatable bonds is 20. The number of aliphatic hydroxyl groups is 3. The monoisotopic (exact) mass is 1160 g/mol. The lowest BCUT2D eigenvalue weighted by Gasteiger charge is -2.43. The third kappa shape index (κ3) is 12.3. The Kier molecular flexibility index (Phi) is 17.9. The van der Waals surface area contributed by atoms with Gasteiger partial charge in [0.05, 0.1) is 71.6 Å². The fourth-order valence-electron chi connectivity index (χ4n) is 10.8. The Balaban J connectivity index is 0.776. The minimum Gasteiger partial charge on any atom is -0.507 e. The Morgan fingerprint density at radius 1 is 0.904 bits per heavy atom. The lowest BCUT2D eigenvalue weighted by molar-refractivity contribution is -0.245. The van der Waals surface area contributed by atoms with Crippen molar-refractivity contribution in [1.29, 1.82) is 0 Å². The number of para-hydroxylation sites is 1. The smallest absolute Gasteiger partial charge is 0.327 e.